The predicted octanol–water partition coefficient (Wildman–Crippen LogP) is 6.81. The van der Waals surface area contributed by atoms with E-state index in [1.165, 1.54) is 6.42 Å². The van der Waals surface area contributed by atoms with Gasteiger partial charge in [0.1, 0.15) is 12.2 Å². The van der Waals surface area contributed by atoms with Gasteiger partial charge in [0.15, 0.2) is 11.5 Å². The average molecular weight is 578 g/mol. The van der Waals surface area contributed by atoms with Crippen molar-refractivity contribution in [2.24, 2.45) is 0 Å². The van der Waals surface area contributed by atoms with Crippen LogP contribution in [0.1, 0.15) is 48.8 Å². The Kier molecular flexibility index (Phi) is 11.2. The molecule has 2 aliphatic rings. The second-order valence-electron chi connectivity index (χ2n) is 10.7. The second kappa shape index (κ2) is 15.5. The van der Waals surface area contributed by atoms with Gasteiger partial charge in [0.05, 0.1) is 26.4 Å². The van der Waals surface area contributed by atoms with Crippen LogP contribution in [0.4, 0.5) is 0 Å². The molecule has 1 saturated heterocycles. The van der Waals surface area contributed by atoms with Crippen molar-refractivity contribution in [1.29, 1.82) is 0 Å². The summed E-state index contributed by atoms with van der Waals surface area (Å²) in [4.78, 5) is 12.5. The Bertz CT molecular complexity index is 1180. The zero-order valence-electron chi connectivity index (χ0n) is 23.3. The number of hydrogen-bond donors (Lipinski definition) is 0. The maximum Gasteiger partial charge on any atom is 0.276 e. The number of thioether (sulfide) groups is 1. The minimum Gasteiger partial charge on any atom is -0.374 e. The van der Waals surface area contributed by atoms with E-state index in [1.54, 1.807) is 11.8 Å². The molecule has 3 aromatic rings. The van der Waals surface area contributed by atoms with Crippen LogP contribution in [0.3, 0.4) is 0 Å². The van der Waals surface area contributed by atoms with Crippen molar-refractivity contribution < 1.29 is 23.9 Å². The third-order valence-corrected chi connectivity index (χ3v) is 9.22. The summed E-state index contributed by atoms with van der Waals surface area (Å²) in [5.41, 5.74) is 2.33. The quantitative estimate of drug-likeness (QED) is 0.163. The van der Waals surface area contributed by atoms with E-state index in [0.717, 1.165) is 42.4 Å². The third kappa shape index (κ3) is 8.63. The molecule has 41 heavy (non-hydrogen) atoms. The van der Waals surface area contributed by atoms with Crippen LogP contribution in [-0.4, -0.2) is 46.6 Å². The van der Waals surface area contributed by atoms with Crippen LogP contribution < -0.4 is 0 Å². The summed E-state index contributed by atoms with van der Waals surface area (Å²) in [7, 11) is 0. The van der Waals surface area contributed by atoms with E-state index in [2.05, 4.69) is 0 Å². The van der Waals surface area contributed by atoms with Gasteiger partial charge in [-0.25, -0.2) is 0 Å². The summed E-state index contributed by atoms with van der Waals surface area (Å²) in [6.07, 6.45) is 3.58. The van der Waals surface area contributed by atoms with Crippen molar-refractivity contribution in [3.8, 4) is 0 Å². The third-order valence-electron chi connectivity index (χ3n) is 7.70. The van der Waals surface area contributed by atoms with Gasteiger partial charge in [-0.3, -0.25) is 10.1 Å². The van der Waals surface area contributed by atoms with Crippen LogP contribution in [0.5, 0.6) is 0 Å². The smallest absolute Gasteiger partial charge is 0.276 e. The Morgan fingerprint density at radius 2 is 1.24 bits per heavy atom. The first-order valence-corrected chi connectivity index (χ1v) is 15.5. The molecular formula is C33H39NO6S. The second-order valence-corrected chi connectivity index (χ2v) is 12.1. The standard InChI is InChI=1S/C33H39NO6S/c35-34(36)30-32(39-23-27-17-9-3-10-18-27)31(38-22-26-15-7-2-8-16-26)29(24-37-21-25-13-5-1-6-14-25)40-33(30)41-28-19-11-4-12-20-28/h1-3,5-10,13-18,28-33H,4,11-12,19-24H2/t29-,30+,31-,32-,33-/m1/s1. The molecule has 5 rings (SSSR count). The lowest BCUT2D eigenvalue weighted by atomic mass is 9.97. The highest BCUT2D eigenvalue weighted by Crippen LogP contribution is 2.39. The zero-order chi connectivity index (χ0) is 28.3. The van der Waals surface area contributed by atoms with Crippen molar-refractivity contribution in [1.82, 2.24) is 0 Å². The molecule has 1 saturated carbocycles. The van der Waals surface area contributed by atoms with Crippen LogP contribution in [0.15, 0.2) is 91.0 Å². The molecule has 1 heterocycles. The molecule has 3 aromatic carbocycles. The largest absolute Gasteiger partial charge is 0.374 e. The highest BCUT2D eigenvalue weighted by molar-refractivity contribution is 8.00. The van der Waals surface area contributed by atoms with Gasteiger partial charge in [0, 0.05) is 10.2 Å². The number of nitro groups is 1. The van der Waals surface area contributed by atoms with Crippen LogP contribution in [0, 0.1) is 10.1 Å². The summed E-state index contributed by atoms with van der Waals surface area (Å²) in [5.74, 6) is 0. The lowest BCUT2D eigenvalue weighted by Crippen LogP contribution is -2.62. The fraction of sp³-hybridized carbons (Fsp3) is 0.455. The first-order valence-electron chi connectivity index (χ1n) is 14.5. The minimum atomic E-state index is -1.07. The molecule has 7 nitrogen and oxygen atoms in total. The van der Waals surface area contributed by atoms with Gasteiger partial charge in [-0.2, -0.15) is 0 Å². The van der Waals surface area contributed by atoms with E-state index >= 15 is 0 Å². The van der Waals surface area contributed by atoms with Gasteiger partial charge in [-0.05, 0) is 29.5 Å². The van der Waals surface area contributed by atoms with E-state index in [0.29, 0.717) is 18.5 Å². The Hall–Kier alpha value is -2.75. The monoisotopic (exact) mass is 577 g/mol. The van der Waals surface area contributed by atoms with E-state index < -0.39 is 29.8 Å². The molecule has 218 valence electrons. The van der Waals surface area contributed by atoms with Crippen LogP contribution in [0.25, 0.3) is 0 Å². The molecule has 1 aliphatic heterocycles. The highest BCUT2D eigenvalue weighted by Gasteiger charge is 2.54. The average Bonchev–Trinajstić information content (AvgIpc) is 3.01. The summed E-state index contributed by atoms with van der Waals surface area (Å²) in [6, 6.07) is 28.5. The Morgan fingerprint density at radius 1 is 0.732 bits per heavy atom. The van der Waals surface area contributed by atoms with E-state index in [-0.39, 0.29) is 18.1 Å². The normalized spacial score (nSPS) is 25.1. The lowest BCUT2D eigenvalue weighted by molar-refractivity contribution is -0.555. The molecule has 0 spiro atoms. The molecule has 5 atom stereocenters. The molecule has 0 radical (unpaired) electrons. The topological polar surface area (TPSA) is 80.1 Å². The van der Waals surface area contributed by atoms with Crippen molar-refractivity contribution in [2.75, 3.05) is 6.61 Å². The van der Waals surface area contributed by atoms with Crippen molar-refractivity contribution in [2.45, 2.75) is 87.0 Å². The molecular weight excluding hydrogens is 538 g/mol. The molecule has 0 amide bonds. The van der Waals surface area contributed by atoms with Gasteiger partial charge in [0.2, 0.25) is 0 Å². The number of hydrogen-bond acceptors (Lipinski definition) is 7. The fourth-order valence-electron chi connectivity index (χ4n) is 5.54. The minimum absolute atomic E-state index is 0.226. The van der Waals surface area contributed by atoms with Crippen LogP contribution in [0.2, 0.25) is 0 Å². The van der Waals surface area contributed by atoms with Crippen molar-refractivity contribution in [3.63, 3.8) is 0 Å². The van der Waals surface area contributed by atoms with Gasteiger partial charge >= 0.3 is 0 Å². The van der Waals surface area contributed by atoms with Gasteiger partial charge in [0.25, 0.3) is 6.04 Å². The van der Waals surface area contributed by atoms with Gasteiger partial charge < -0.3 is 18.9 Å². The predicted molar refractivity (Wildman–Crippen MR) is 160 cm³/mol. The van der Waals surface area contributed by atoms with E-state index in [9.17, 15) is 10.1 Å². The molecule has 8 heteroatoms. The summed E-state index contributed by atoms with van der Waals surface area (Å²) in [5, 5.41) is 13.0. The van der Waals surface area contributed by atoms with E-state index in [4.69, 9.17) is 18.9 Å². The summed E-state index contributed by atoms with van der Waals surface area (Å²) < 4.78 is 25.6. The molecule has 0 N–H and O–H groups in total. The van der Waals surface area contributed by atoms with Gasteiger partial charge in [-0.15, -0.1) is 11.8 Å². The number of nitrogens with zero attached hydrogens (tertiary/aromatic N) is 1. The van der Waals surface area contributed by atoms with E-state index in [1.807, 2.05) is 91.0 Å². The first-order chi connectivity index (χ1) is 20.2. The number of benzene rings is 3. The van der Waals surface area contributed by atoms with Crippen molar-refractivity contribution >= 4 is 11.8 Å². The Labute approximate surface area is 246 Å². The van der Waals surface area contributed by atoms with Crippen molar-refractivity contribution in [3.05, 3.63) is 118 Å². The molecule has 0 unspecified atom stereocenters. The van der Waals surface area contributed by atoms with Gasteiger partial charge in [-0.1, -0.05) is 110 Å². The maximum absolute atomic E-state index is 12.7. The molecule has 0 aromatic heterocycles. The zero-order valence-corrected chi connectivity index (χ0v) is 24.1. The van der Waals surface area contributed by atoms with Crippen LogP contribution >= 0.6 is 11.8 Å². The number of ether oxygens (including phenoxy) is 4. The maximum atomic E-state index is 12.7. The highest BCUT2D eigenvalue weighted by atomic mass is 32.2. The first kappa shape index (κ1) is 29.7. The SMILES string of the molecule is O=[N+]([O-])[C@H]1[C@@H](OCc2ccccc2)[C@H](OCc2ccccc2)[C@@H](COCc2ccccc2)O[C@@H]1SC1CCCCC1. The summed E-state index contributed by atoms with van der Waals surface area (Å²) >= 11 is 1.60. The van der Waals surface area contributed by atoms with Crippen LogP contribution in [-0.2, 0) is 38.8 Å². The lowest BCUT2D eigenvalue weighted by Gasteiger charge is -2.43. The molecule has 2 fully saturated rings. The fourth-order valence-corrected chi connectivity index (χ4v) is 7.15. The molecule has 0 bridgehead atoms. The number of rotatable bonds is 13. The Balaban J connectivity index is 1.40. The molecule has 1 aliphatic carbocycles. The Morgan fingerprint density at radius 3 is 1.78 bits per heavy atom. The summed E-state index contributed by atoms with van der Waals surface area (Å²) in [6.45, 7) is 1.20.